The number of amides is 1. The molecule has 2 N–H and O–H groups in total. The van der Waals surface area contributed by atoms with Crippen LogP contribution in [0.2, 0.25) is 5.02 Å². The van der Waals surface area contributed by atoms with E-state index in [2.05, 4.69) is 12.2 Å². The Morgan fingerprint density at radius 1 is 1.28 bits per heavy atom. The van der Waals surface area contributed by atoms with E-state index in [1.54, 1.807) is 12.1 Å². The van der Waals surface area contributed by atoms with E-state index >= 15 is 0 Å². The van der Waals surface area contributed by atoms with E-state index in [1.807, 2.05) is 12.1 Å². The Morgan fingerprint density at radius 3 is 2.62 bits per heavy atom. The lowest BCUT2D eigenvalue weighted by atomic mass is 10.1. The van der Waals surface area contributed by atoms with Gasteiger partial charge < -0.3 is 10.4 Å². The highest BCUT2D eigenvalue weighted by atomic mass is 35.5. The molecule has 6 nitrogen and oxygen atoms in total. The average molecular weight is 418 g/mol. The van der Waals surface area contributed by atoms with E-state index in [4.69, 9.17) is 16.6 Å². The molecule has 0 radical (unpaired) electrons. The number of hydrogen-bond donors (Lipinski definition) is 2. The van der Waals surface area contributed by atoms with Crippen molar-refractivity contribution >= 4 is 17.5 Å². The summed E-state index contributed by atoms with van der Waals surface area (Å²) in [6.45, 7) is 2.58. The number of carbonyl (C=O) groups excluding carboxylic acids is 1. The first-order valence-electron chi connectivity index (χ1n) is 10.2. The molecule has 1 fully saturated rings. The molecule has 0 bridgehead atoms. The van der Waals surface area contributed by atoms with E-state index in [0.717, 1.165) is 37.7 Å². The van der Waals surface area contributed by atoms with Crippen LogP contribution >= 0.6 is 11.6 Å². The Morgan fingerprint density at radius 2 is 2.00 bits per heavy atom. The van der Waals surface area contributed by atoms with Gasteiger partial charge in [0.2, 0.25) is 5.91 Å². The van der Waals surface area contributed by atoms with Crippen LogP contribution in [-0.2, 0) is 17.8 Å². The minimum Gasteiger partial charge on any atom is -0.396 e. The number of benzene rings is 1. The number of hydrogen-bond acceptors (Lipinski definition) is 4. The summed E-state index contributed by atoms with van der Waals surface area (Å²) < 4.78 is 1.46. The van der Waals surface area contributed by atoms with Gasteiger partial charge in [-0.1, -0.05) is 43.5 Å². The number of nitrogens with zero attached hydrogens (tertiary/aromatic N) is 2. The molecule has 3 rings (SSSR count). The van der Waals surface area contributed by atoms with Crippen molar-refractivity contribution < 1.29 is 9.90 Å². The summed E-state index contributed by atoms with van der Waals surface area (Å²) in [5.74, 6) is 0.388. The Bertz CT molecular complexity index is 905. The highest BCUT2D eigenvalue weighted by Gasteiger charge is 2.42. The molecule has 0 aliphatic heterocycles. The molecule has 0 saturated heterocycles. The van der Waals surface area contributed by atoms with Crippen molar-refractivity contribution in [1.82, 2.24) is 14.9 Å². The highest BCUT2D eigenvalue weighted by molar-refractivity contribution is 6.30. The van der Waals surface area contributed by atoms with Gasteiger partial charge in [-0.05, 0) is 31.4 Å². The van der Waals surface area contributed by atoms with E-state index < -0.39 is 0 Å². The summed E-state index contributed by atoms with van der Waals surface area (Å²) in [7, 11) is 0. The zero-order chi connectivity index (χ0) is 20.9. The van der Waals surface area contributed by atoms with Gasteiger partial charge >= 0.3 is 0 Å². The second kappa shape index (κ2) is 9.55. The number of aliphatic hydroxyl groups excluding tert-OH is 1. The highest BCUT2D eigenvalue weighted by Crippen LogP contribution is 2.44. The van der Waals surface area contributed by atoms with Crippen molar-refractivity contribution in [2.75, 3.05) is 13.2 Å². The fraction of sp³-hybridized carbons (Fsp3) is 0.500. The third-order valence-corrected chi connectivity index (χ3v) is 5.74. The Balaban J connectivity index is 1.81. The maximum atomic E-state index is 12.8. The fourth-order valence-corrected chi connectivity index (χ4v) is 3.39. The number of nitrogens with one attached hydrogen (secondary N) is 1. The standard InChI is InChI=1S/C22H28ClN3O3/c1-2-3-4-5-19-25-18(16-6-8-17(23)9-7-16)12-21(29)26(19)13-20(28)24-14-22(15-27)10-11-22/h6-9,12,27H,2-5,10-11,13-15H2,1H3,(H,24,28). The van der Waals surface area contributed by atoms with Gasteiger partial charge in [0.1, 0.15) is 12.4 Å². The molecule has 1 amide bonds. The maximum Gasteiger partial charge on any atom is 0.254 e. The van der Waals surface area contributed by atoms with Gasteiger partial charge in [0, 0.05) is 35.0 Å². The molecule has 2 aromatic rings. The number of unbranched alkanes of at least 4 members (excludes halogenated alkanes) is 2. The van der Waals surface area contributed by atoms with Gasteiger partial charge in [-0.15, -0.1) is 0 Å². The van der Waals surface area contributed by atoms with Gasteiger partial charge in [-0.2, -0.15) is 0 Å². The summed E-state index contributed by atoms with van der Waals surface area (Å²) in [6.07, 6.45) is 5.48. The summed E-state index contributed by atoms with van der Waals surface area (Å²) in [4.78, 5) is 29.9. The predicted molar refractivity (Wildman–Crippen MR) is 114 cm³/mol. The third kappa shape index (κ3) is 5.67. The molecule has 1 aromatic heterocycles. The van der Waals surface area contributed by atoms with Gasteiger partial charge in [0.05, 0.1) is 12.3 Å². The van der Waals surface area contributed by atoms with Gasteiger partial charge in [0.15, 0.2) is 0 Å². The third-order valence-electron chi connectivity index (χ3n) is 5.49. The minimum atomic E-state index is -0.241. The van der Waals surface area contributed by atoms with E-state index in [0.29, 0.717) is 29.5 Å². The summed E-state index contributed by atoms with van der Waals surface area (Å²) >= 11 is 5.96. The van der Waals surface area contributed by atoms with Crippen molar-refractivity contribution in [2.24, 2.45) is 5.41 Å². The van der Waals surface area contributed by atoms with Crippen LogP contribution in [0.5, 0.6) is 0 Å². The van der Waals surface area contributed by atoms with Crippen LogP contribution in [0, 0.1) is 5.41 Å². The monoisotopic (exact) mass is 417 g/mol. The van der Waals surface area contributed by atoms with E-state index in [9.17, 15) is 14.7 Å². The maximum absolute atomic E-state index is 12.8. The average Bonchev–Trinajstić information content (AvgIpc) is 3.50. The second-order valence-corrected chi connectivity index (χ2v) is 8.32. The quantitative estimate of drug-likeness (QED) is 0.581. The van der Waals surface area contributed by atoms with Crippen LogP contribution < -0.4 is 10.9 Å². The Kier molecular flexibility index (Phi) is 7.09. The van der Waals surface area contributed by atoms with Crippen molar-refractivity contribution in [3.8, 4) is 11.3 Å². The van der Waals surface area contributed by atoms with Crippen LogP contribution in [0.3, 0.4) is 0 Å². The molecule has 1 aliphatic rings. The van der Waals surface area contributed by atoms with Gasteiger partial charge in [0.25, 0.3) is 5.56 Å². The Hall–Kier alpha value is -2.18. The molecule has 0 spiro atoms. The van der Waals surface area contributed by atoms with Crippen LogP contribution in [0.15, 0.2) is 35.1 Å². The molecular formula is C22H28ClN3O3. The molecule has 156 valence electrons. The lowest BCUT2D eigenvalue weighted by molar-refractivity contribution is -0.122. The number of halogens is 1. The molecule has 7 heteroatoms. The molecule has 1 saturated carbocycles. The number of rotatable bonds is 10. The summed E-state index contributed by atoms with van der Waals surface area (Å²) in [5, 5.41) is 12.9. The molecule has 0 atom stereocenters. The SMILES string of the molecule is CCCCCc1nc(-c2ccc(Cl)cc2)cc(=O)n1CC(=O)NCC1(CO)CC1. The molecular weight excluding hydrogens is 390 g/mol. The molecule has 0 unspecified atom stereocenters. The van der Waals surface area contributed by atoms with Crippen molar-refractivity contribution in [3.05, 3.63) is 51.5 Å². The summed E-state index contributed by atoms with van der Waals surface area (Å²) in [5.41, 5.74) is 1.00. The van der Waals surface area contributed by atoms with Crippen LogP contribution in [0.1, 0.15) is 44.9 Å². The first-order valence-corrected chi connectivity index (χ1v) is 10.6. The topological polar surface area (TPSA) is 84.2 Å². The lowest BCUT2D eigenvalue weighted by Gasteiger charge is -2.16. The molecule has 1 aromatic carbocycles. The largest absolute Gasteiger partial charge is 0.396 e. The number of aliphatic hydroxyl groups is 1. The van der Waals surface area contributed by atoms with Crippen molar-refractivity contribution in [1.29, 1.82) is 0 Å². The van der Waals surface area contributed by atoms with Gasteiger partial charge in [-0.25, -0.2) is 4.98 Å². The first kappa shape index (κ1) is 21.5. The zero-order valence-corrected chi connectivity index (χ0v) is 17.5. The smallest absolute Gasteiger partial charge is 0.254 e. The number of aryl methyl sites for hydroxylation is 1. The summed E-state index contributed by atoms with van der Waals surface area (Å²) in [6, 6.07) is 8.67. The van der Waals surface area contributed by atoms with Crippen molar-refractivity contribution in [3.63, 3.8) is 0 Å². The molecule has 29 heavy (non-hydrogen) atoms. The normalized spacial score (nSPS) is 14.6. The van der Waals surface area contributed by atoms with Gasteiger partial charge in [-0.3, -0.25) is 14.2 Å². The zero-order valence-electron chi connectivity index (χ0n) is 16.8. The van der Waals surface area contributed by atoms with E-state index in [1.165, 1.54) is 10.6 Å². The fourth-order valence-electron chi connectivity index (χ4n) is 3.27. The minimum absolute atomic E-state index is 0.0598. The number of carbonyl (C=O) groups is 1. The van der Waals surface area contributed by atoms with Crippen LogP contribution in [-0.4, -0.2) is 33.7 Å². The Labute approximate surface area is 175 Å². The first-order chi connectivity index (χ1) is 14.0. The molecule has 1 aliphatic carbocycles. The predicted octanol–water partition coefficient (Wildman–Crippen LogP) is 3.19. The van der Waals surface area contributed by atoms with Crippen LogP contribution in [0.25, 0.3) is 11.3 Å². The van der Waals surface area contributed by atoms with E-state index in [-0.39, 0.29) is 30.0 Å². The van der Waals surface area contributed by atoms with Crippen LogP contribution in [0.4, 0.5) is 0 Å². The lowest BCUT2D eigenvalue weighted by Crippen LogP contribution is -2.37. The van der Waals surface area contributed by atoms with Crippen molar-refractivity contribution in [2.45, 2.75) is 52.0 Å². The molecule has 1 heterocycles. The second-order valence-electron chi connectivity index (χ2n) is 7.88. The number of aromatic nitrogens is 2.